The summed E-state index contributed by atoms with van der Waals surface area (Å²) in [5, 5.41) is 7.59. The molecule has 108 valence electrons. The van der Waals surface area contributed by atoms with Crippen LogP contribution in [0.3, 0.4) is 0 Å². The summed E-state index contributed by atoms with van der Waals surface area (Å²) in [6, 6.07) is 3.15. The van der Waals surface area contributed by atoms with Gasteiger partial charge >= 0.3 is 0 Å². The van der Waals surface area contributed by atoms with Crippen molar-refractivity contribution in [2.24, 2.45) is 7.05 Å². The third kappa shape index (κ3) is 3.31. The maximum atomic E-state index is 11.6. The Hall–Kier alpha value is -1.12. The molecular weight excluding hydrogens is 370 g/mol. The van der Waals surface area contributed by atoms with Gasteiger partial charge in [0.2, 0.25) is 0 Å². The summed E-state index contributed by atoms with van der Waals surface area (Å²) >= 11 is 3.24. The summed E-state index contributed by atoms with van der Waals surface area (Å²) in [5.74, 6) is 0.788. The number of aryl methyl sites for hydroxylation is 2. The highest BCUT2D eigenvalue weighted by Gasteiger charge is 2.20. The van der Waals surface area contributed by atoms with Crippen LogP contribution in [0.15, 0.2) is 27.8 Å². The molecule has 0 atom stereocenters. The maximum absolute atomic E-state index is 11.6. The minimum absolute atomic E-state index is 0.0757. The molecule has 0 N–H and O–H groups in total. The number of ether oxygens (including phenoxy) is 1. The summed E-state index contributed by atoms with van der Waals surface area (Å²) in [6.07, 6.45) is 1.53. The molecule has 0 amide bonds. The van der Waals surface area contributed by atoms with E-state index in [0.717, 1.165) is 0 Å². The predicted octanol–water partition coefficient (Wildman–Crippen LogP) is 2.39. The van der Waals surface area contributed by atoms with E-state index in [1.807, 2.05) is 0 Å². The van der Waals surface area contributed by atoms with Crippen LogP contribution >= 0.6 is 26.6 Å². The molecule has 0 aliphatic rings. The second-order valence-electron chi connectivity index (χ2n) is 4.13. The molecule has 2 rings (SSSR count). The van der Waals surface area contributed by atoms with Crippen LogP contribution in [-0.2, 0) is 22.7 Å². The van der Waals surface area contributed by atoms with Crippen LogP contribution in [0, 0.1) is 6.92 Å². The summed E-state index contributed by atoms with van der Waals surface area (Å²) < 4.78 is 31.1. The molecule has 0 radical (unpaired) electrons. The van der Waals surface area contributed by atoms with Crippen molar-refractivity contribution in [1.29, 1.82) is 0 Å². The van der Waals surface area contributed by atoms with Gasteiger partial charge in [0.25, 0.3) is 9.05 Å². The van der Waals surface area contributed by atoms with E-state index in [-0.39, 0.29) is 17.3 Å². The van der Waals surface area contributed by atoms with E-state index in [1.54, 1.807) is 24.6 Å². The second kappa shape index (κ2) is 5.71. The van der Waals surface area contributed by atoms with Gasteiger partial charge in [0.15, 0.2) is 5.82 Å². The molecule has 0 aliphatic carbocycles. The predicted molar refractivity (Wildman–Crippen MR) is 77.3 cm³/mol. The third-order valence-corrected chi connectivity index (χ3v) is 4.40. The van der Waals surface area contributed by atoms with Crippen molar-refractivity contribution >= 4 is 35.7 Å². The average Bonchev–Trinajstić information content (AvgIpc) is 2.72. The van der Waals surface area contributed by atoms with Crippen molar-refractivity contribution in [3.05, 3.63) is 34.3 Å². The fourth-order valence-electron chi connectivity index (χ4n) is 1.64. The van der Waals surface area contributed by atoms with Gasteiger partial charge in [0, 0.05) is 22.2 Å². The molecule has 0 bridgehead atoms. The first kappa shape index (κ1) is 15.3. The Morgan fingerprint density at radius 2 is 2.15 bits per heavy atom. The number of halogens is 2. The lowest BCUT2D eigenvalue weighted by Crippen LogP contribution is -2.06. The summed E-state index contributed by atoms with van der Waals surface area (Å²) in [6.45, 7) is 1.83. The molecule has 6 nitrogen and oxygen atoms in total. The number of rotatable bonds is 4. The van der Waals surface area contributed by atoms with E-state index in [4.69, 9.17) is 15.4 Å². The Labute approximate surface area is 129 Å². The fraction of sp³-hybridized carbons (Fsp3) is 0.273. The van der Waals surface area contributed by atoms with Crippen LogP contribution in [0.1, 0.15) is 11.4 Å². The van der Waals surface area contributed by atoms with Gasteiger partial charge in [0.05, 0.1) is 0 Å². The Balaban J connectivity index is 2.38. The Morgan fingerprint density at radius 3 is 2.70 bits per heavy atom. The number of hydrogen-bond donors (Lipinski definition) is 0. The van der Waals surface area contributed by atoms with Crippen LogP contribution in [0.5, 0.6) is 5.75 Å². The van der Waals surface area contributed by atoms with Crippen molar-refractivity contribution in [2.75, 3.05) is 0 Å². The topological polar surface area (TPSA) is 74.1 Å². The third-order valence-electron chi connectivity index (χ3n) is 2.62. The lowest BCUT2D eigenvalue weighted by Gasteiger charge is -2.12. The van der Waals surface area contributed by atoms with E-state index in [9.17, 15) is 8.42 Å². The molecule has 0 saturated carbocycles. The molecule has 0 saturated heterocycles. The van der Waals surface area contributed by atoms with Crippen molar-refractivity contribution < 1.29 is 13.2 Å². The molecule has 0 aliphatic heterocycles. The molecule has 0 fully saturated rings. The quantitative estimate of drug-likeness (QED) is 0.761. The number of benzene rings is 1. The van der Waals surface area contributed by atoms with Gasteiger partial charge in [0.1, 0.15) is 23.6 Å². The van der Waals surface area contributed by atoms with Gasteiger partial charge in [-0.2, -0.15) is 0 Å². The SMILES string of the molecule is Cc1cc(Br)cc(S(=O)(=O)Cl)c1OCc1nncn1C. The highest BCUT2D eigenvalue weighted by atomic mass is 79.9. The van der Waals surface area contributed by atoms with E-state index in [0.29, 0.717) is 15.9 Å². The van der Waals surface area contributed by atoms with Crippen LogP contribution in [0.2, 0.25) is 0 Å². The van der Waals surface area contributed by atoms with Gasteiger partial charge < -0.3 is 9.30 Å². The zero-order valence-corrected chi connectivity index (χ0v) is 13.8. The van der Waals surface area contributed by atoms with Crippen LogP contribution in [0.4, 0.5) is 0 Å². The van der Waals surface area contributed by atoms with Crippen LogP contribution < -0.4 is 4.74 Å². The lowest BCUT2D eigenvalue weighted by atomic mass is 10.2. The zero-order valence-electron chi connectivity index (χ0n) is 10.7. The standard InChI is InChI=1S/C11H11BrClN3O3S/c1-7-3-8(12)4-9(20(13,17)18)11(7)19-5-10-15-14-6-16(10)2/h3-4,6H,5H2,1-2H3. The molecule has 1 heterocycles. The second-order valence-corrected chi connectivity index (χ2v) is 7.58. The molecule has 1 aromatic heterocycles. The Morgan fingerprint density at radius 1 is 1.45 bits per heavy atom. The minimum Gasteiger partial charge on any atom is -0.484 e. The number of hydrogen-bond acceptors (Lipinski definition) is 5. The average molecular weight is 381 g/mol. The summed E-state index contributed by atoms with van der Waals surface area (Å²) in [5.41, 5.74) is 0.653. The van der Waals surface area contributed by atoms with Gasteiger partial charge in [-0.15, -0.1) is 10.2 Å². The smallest absolute Gasteiger partial charge is 0.265 e. The molecule has 0 spiro atoms. The van der Waals surface area contributed by atoms with Gasteiger partial charge in [-0.1, -0.05) is 15.9 Å². The largest absolute Gasteiger partial charge is 0.484 e. The van der Waals surface area contributed by atoms with Gasteiger partial charge in [-0.3, -0.25) is 0 Å². The summed E-state index contributed by atoms with van der Waals surface area (Å²) in [4.78, 5) is -0.0757. The van der Waals surface area contributed by atoms with Crippen molar-refractivity contribution in [3.63, 3.8) is 0 Å². The molecule has 0 unspecified atom stereocenters. The van der Waals surface area contributed by atoms with E-state index in [2.05, 4.69) is 26.1 Å². The highest BCUT2D eigenvalue weighted by molar-refractivity contribution is 9.10. The van der Waals surface area contributed by atoms with E-state index in [1.165, 1.54) is 12.4 Å². The fourth-order valence-corrected chi connectivity index (χ4v) is 3.42. The molecule has 20 heavy (non-hydrogen) atoms. The van der Waals surface area contributed by atoms with Crippen LogP contribution in [0.25, 0.3) is 0 Å². The molecular formula is C11H11BrClN3O3S. The number of aromatic nitrogens is 3. The minimum atomic E-state index is -3.91. The van der Waals surface area contributed by atoms with Crippen molar-refractivity contribution in [2.45, 2.75) is 18.4 Å². The monoisotopic (exact) mass is 379 g/mol. The zero-order chi connectivity index (χ0) is 14.9. The van der Waals surface area contributed by atoms with Crippen LogP contribution in [-0.4, -0.2) is 23.2 Å². The molecule has 9 heteroatoms. The normalized spacial score (nSPS) is 11.6. The molecule has 1 aromatic carbocycles. The maximum Gasteiger partial charge on any atom is 0.265 e. The Bertz CT molecular complexity index is 745. The van der Waals surface area contributed by atoms with E-state index < -0.39 is 9.05 Å². The Kier molecular flexibility index (Phi) is 4.36. The van der Waals surface area contributed by atoms with Crippen molar-refractivity contribution in [3.8, 4) is 5.75 Å². The highest BCUT2D eigenvalue weighted by Crippen LogP contribution is 2.34. The van der Waals surface area contributed by atoms with E-state index >= 15 is 0 Å². The first-order chi connectivity index (χ1) is 9.29. The molecule has 2 aromatic rings. The number of nitrogens with zero attached hydrogens (tertiary/aromatic N) is 3. The van der Waals surface area contributed by atoms with Crippen molar-refractivity contribution in [1.82, 2.24) is 14.8 Å². The first-order valence-corrected chi connectivity index (χ1v) is 8.59. The summed E-state index contributed by atoms with van der Waals surface area (Å²) in [7, 11) is 3.30. The lowest BCUT2D eigenvalue weighted by molar-refractivity contribution is 0.281. The van der Waals surface area contributed by atoms with Gasteiger partial charge in [-0.25, -0.2) is 8.42 Å². The van der Waals surface area contributed by atoms with Gasteiger partial charge in [-0.05, 0) is 24.6 Å². The first-order valence-electron chi connectivity index (χ1n) is 5.49.